The summed E-state index contributed by atoms with van der Waals surface area (Å²) in [6, 6.07) is 1.69. The minimum Gasteiger partial charge on any atom is -0.379 e. The molecule has 0 aromatic carbocycles. The van der Waals surface area contributed by atoms with Gasteiger partial charge < -0.3 is 19.1 Å². The van der Waals surface area contributed by atoms with Crippen molar-refractivity contribution in [1.82, 2.24) is 24.6 Å². The second kappa shape index (κ2) is 10.6. The third kappa shape index (κ3) is 5.92. The van der Waals surface area contributed by atoms with Crippen LogP contribution in [0.25, 0.3) is 10.9 Å². The maximum absolute atomic E-state index is 13.4. The number of hydrogen-bond acceptors (Lipinski definition) is 6. The highest BCUT2D eigenvalue weighted by molar-refractivity contribution is 5.83. The van der Waals surface area contributed by atoms with Gasteiger partial charge in [0.25, 0.3) is 5.56 Å². The van der Waals surface area contributed by atoms with Crippen molar-refractivity contribution in [3.05, 3.63) is 52.2 Å². The molecule has 1 aliphatic heterocycles. The molecule has 38 heavy (non-hydrogen) atoms. The first-order valence-electron chi connectivity index (χ1n) is 11.7. The highest BCUT2D eigenvalue weighted by Crippen LogP contribution is 2.35. The summed E-state index contributed by atoms with van der Waals surface area (Å²) < 4.78 is 85.2. The molecule has 206 valence electrons. The number of aromatic amines is 1. The first-order valence-corrected chi connectivity index (χ1v) is 11.7. The van der Waals surface area contributed by atoms with E-state index in [1.54, 1.807) is 16.7 Å². The van der Waals surface area contributed by atoms with Gasteiger partial charge in [-0.3, -0.25) is 9.59 Å². The third-order valence-electron chi connectivity index (χ3n) is 6.28. The zero-order valence-electron chi connectivity index (χ0n) is 20.1. The summed E-state index contributed by atoms with van der Waals surface area (Å²) >= 11 is 0. The molecule has 0 radical (unpaired) electrons. The summed E-state index contributed by atoms with van der Waals surface area (Å²) in [5, 5.41) is 5.11. The predicted octanol–water partition coefficient (Wildman–Crippen LogP) is 3.47. The van der Waals surface area contributed by atoms with Gasteiger partial charge in [-0.1, -0.05) is 0 Å². The van der Waals surface area contributed by atoms with E-state index in [9.17, 15) is 35.9 Å². The minimum absolute atomic E-state index is 0.00543. The van der Waals surface area contributed by atoms with Gasteiger partial charge in [0.15, 0.2) is 0 Å². The Hall–Kier alpha value is -3.62. The standard InChI is InChI=1S/C23H24F6N6O3/c1-14(35-12-16(23(27,28)29)20-17(35)11-31-32-21(20)37)13-38-9-4-19(36)34-7-5-33(6-8-34)18-3-2-15(10-30-18)22(24,25)26/h2-3,10-12,14H,4-9,13H2,1H3,(H,32,37). The fourth-order valence-electron chi connectivity index (χ4n) is 4.28. The highest BCUT2D eigenvalue weighted by atomic mass is 19.4. The molecule has 1 fully saturated rings. The number of hydrogen-bond donors (Lipinski definition) is 1. The van der Waals surface area contributed by atoms with Gasteiger partial charge in [0, 0.05) is 38.6 Å². The highest BCUT2D eigenvalue weighted by Gasteiger charge is 2.36. The van der Waals surface area contributed by atoms with Crippen molar-refractivity contribution in [3.8, 4) is 0 Å². The van der Waals surface area contributed by atoms with Crippen LogP contribution in [0.4, 0.5) is 32.2 Å². The predicted molar refractivity (Wildman–Crippen MR) is 124 cm³/mol. The molecule has 1 unspecified atom stereocenters. The number of amides is 1. The number of anilines is 1. The molecule has 4 heterocycles. The van der Waals surface area contributed by atoms with E-state index in [0.29, 0.717) is 32.0 Å². The number of rotatable bonds is 7. The Morgan fingerprint density at radius 1 is 1.08 bits per heavy atom. The van der Waals surface area contributed by atoms with Gasteiger partial charge >= 0.3 is 12.4 Å². The van der Waals surface area contributed by atoms with Gasteiger partial charge in [-0.2, -0.15) is 31.4 Å². The molecule has 9 nitrogen and oxygen atoms in total. The number of nitrogens with one attached hydrogen (secondary N) is 1. The lowest BCUT2D eigenvalue weighted by atomic mass is 10.2. The fraction of sp³-hybridized carbons (Fsp3) is 0.478. The normalized spacial score (nSPS) is 15.8. The molecule has 1 amide bonds. The lowest BCUT2D eigenvalue weighted by Gasteiger charge is -2.35. The van der Waals surface area contributed by atoms with E-state index in [0.717, 1.165) is 24.7 Å². The molecule has 1 atom stereocenters. The van der Waals surface area contributed by atoms with Crippen LogP contribution in [0, 0.1) is 0 Å². The number of piperazine rings is 1. The van der Waals surface area contributed by atoms with Crippen LogP contribution in [0.3, 0.4) is 0 Å². The van der Waals surface area contributed by atoms with Crippen molar-refractivity contribution in [2.75, 3.05) is 44.3 Å². The van der Waals surface area contributed by atoms with Gasteiger partial charge in [-0.05, 0) is 19.1 Å². The number of H-pyrrole nitrogens is 1. The molecule has 0 spiro atoms. The number of carbonyl (C=O) groups excluding carboxylic acids is 1. The number of aromatic nitrogens is 4. The maximum Gasteiger partial charge on any atom is 0.418 e. The van der Waals surface area contributed by atoms with Crippen LogP contribution in [-0.2, 0) is 21.9 Å². The van der Waals surface area contributed by atoms with Crippen LogP contribution < -0.4 is 10.5 Å². The van der Waals surface area contributed by atoms with Crippen molar-refractivity contribution < 1.29 is 35.9 Å². The van der Waals surface area contributed by atoms with E-state index in [1.165, 1.54) is 10.6 Å². The quantitative estimate of drug-likeness (QED) is 0.360. The van der Waals surface area contributed by atoms with E-state index in [-0.39, 0.29) is 31.1 Å². The van der Waals surface area contributed by atoms with Crippen LogP contribution in [-0.4, -0.2) is 69.9 Å². The number of carbonyl (C=O) groups is 1. The lowest BCUT2D eigenvalue weighted by molar-refractivity contribution is -0.138. The zero-order valence-corrected chi connectivity index (χ0v) is 20.1. The average Bonchev–Trinajstić information content (AvgIpc) is 3.28. The van der Waals surface area contributed by atoms with Gasteiger partial charge in [0.05, 0.1) is 53.9 Å². The van der Waals surface area contributed by atoms with Crippen molar-refractivity contribution in [3.63, 3.8) is 0 Å². The van der Waals surface area contributed by atoms with Gasteiger partial charge in [-0.15, -0.1) is 0 Å². The second-order valence-corrected chi connectivity index (χ2v) is 8.85. The molecule has 1 saturated heterocycles. The number of halogens is 6. The van der Waals surface area contributed by atoms with E-state index < -0.39 is 40.5 Å². The number of pyridine rings is 1. The Balaban J connectivity index is 1.26. The molecule has 1 N–H and O–H groups in total. The monoisotopic (exact) mass is 546 g/mol. The first-order chi connectivity index (χ1) is 17.9. The molecule has 4 rings (SSSR count). The SMILES string of the molecule is CC(COCCC(=O)N1CCN(c2ccc(C(F)(F)F)cn2)CC1)n1cc(C(F)(F)F)c2c(=O)[nH]ncc21. The zero-order chi connectivity index (χ0) is 27.7. The molecular formula is C23H24F6N6O3. The van der Waals surface area contributed by atoms with Crippen molar-refractivity contribution >= 4 is 22.6 Å². The molecular weight excluding hydrogens is 522 g/mol. The van der Waals surface area contributed by atoms with E-state index in [4.69, 9.17) is 4.74 Å². The Morgan fingerprint density at radius 3 is 2.39 bits per heavy atom. The van der Waals surface area contributed by atoms with Crippen molar-refractivity contribution in [2.45, 2.75) is 31.7 Å². The fourth-order valence-corrected chi connectivity index (χ4v) is 4.28. The summed E-state index contributed by atoms with van der Waals surface area (Å²) in [4.78, 5) is 31.8. The van der Waals surface area contributed by atoms with Gasteiger partial charge in [-0.25, -0.2) is 10.1 Å². The van der Waals surface area contributed by atoms with Crippen LogP contribution >= 0.6 is 0 Å². The topological polar surface area (TPSA) is 96.4 Å². The van der Waals surface area contributed by atoms with Crippen LogP contribution in [0.15, 0.2) is 35.5 Å². The molecule has 3 aromatic rings. The maximum atomic E-state index is 13.4. The van der Waals surface area contributed by atoms with Crippen molar-refractivity contribution in [1.29, 1.82) is 0 Å². The molecule has 15 heteroatoms. The third-order valence-corrected chi connectivity index (χ3v) is 6.28. The first kappa shape index (κ1) is 27.4. The summed E-state index contributed by atoms with van der Waals surface area (Å²) in [7, 11) is 0. The van der Waals surface area contributed by atoms with Crippen LogP contribution in [0.2, 0.25) is 0 Å². The molecule has 0 aliphatic carbocycles. The summed E-state index contributed by atoms with van der Waals surface area (Å²) in [6.45, 7) is 3.17. The van der Waals surface area contributed by atoms with E-state index >= 15 is 0 Å². The number of alkyl halides is 6. The largest absolute Gasteiger partial charge is 0.418 e. The second-order valence-electron chi connectivity index (χ2n) is 8.85. The number of ether oxygens (including phenoxy) is 1. The lowest BCUT2D eigenvalue weighted by Crippen LogP contribution is -2.49. The Labute approximate surface area is 212 Å². The number of fused-ring (bicyclic) bond motifs is 1. The smallest absolute Gasteiger partial charge is 0.379 e. The molecule has 0 saturated carbocycles. The summed E-state index contributed by atoms with van der Waals surface area (Å²) in [5.41, 5.74) is -2.82. The Kier molecular flexibility index (Phi) is 7.67. The van der Waals surface area contributed by atoms with E-state index in [2.05, 4.69) is 10.1 Å². The molecule has 1 aliphatic rings. The summed E-state index contributed by atoms with van der Waals surface area (Å²) in [6.07, 6.45) is -6.36. The van der Waals surface area contributed by atoms with Crippen molar-refractivity contribution in [2.24, 2.45) is 0 Å². The Morgan fingerprint density at radius 2 is 1.79 bits per heavy atom. The molecule has 3 aromatic heterocycles. The van der Waals surface area contributed by atoms with Gasteiger partial charge in [0.1, 0.15) is 5.82 Å². The van der Waals surface area contributed by atoms with Gasteiger partial charge in [0.2, 0.25) is 5.91 Å². The average molecular weight is 546 g/mol. The minimum atomic E-state index is -4.72. The Bertz CT molecular complexity index is 1330. The molecule has 0 bridgehead atoms. The number of nitrogens with zero attached hydrogens (tertiary/aromatic N) is 5. The van der Waals surface area contributed by atoms with Crippen LogP contribution in [0.5, 0.6) is 0 Å². The van der Waals surface area contributed by atoms with E-state index in [1.807, 2.05) is 5.10 Å². The summed E-state index contributed by atoms with van der Waals surface area (Å²) in [5.74, 6) is 0.213. The van der Waals surface area contributed by atoms with Crippen LogP contribution in [0.1, 0.15) is 30.5 Å².